The Balaban J connectivity index is 1.58. The molecule has 2 amide bonds. The zero-order valence-electron chi connectivity index (χ0n) is 24.1. The maximum Gasteiger partial charge on any atom is 0.306 e. The second-order valence-electron chi connectivity index (χ2n) is 12.2. The van der Waals surface area contributed by atoms with Gasteiger partial charge in [0.2, 0.25) is 11.8 Å². The summed E-state index contributed by atoms with van der Waals surface area (Å²) >= 11 is 1.53. The average Bonchev–Trinajstić information content (AvgIpc) is 3.06. The number of carbonyl (C=O) groups excluding carboxylic acids is 2. The normalized spacial score (nSPS) is 20.0. The predicted octanol–water partition coefficient (Wildman–Crippen LogP) is 6.15. The number of anilines is 1. The van der Waals surface area contributed by atoms with Gasteiger partial charge >= 0.3 is 5.97 Å². The van der Waals surface area contributed by atoms with Crippen molar-refractivity contribution < 1.29 is 24.2 Å². The van der Waals surface area contributed by atoms with Crippen molar-refractivity contribution in [1.29, 1.82) is 0 Å². The van der Waals surface area contributed by atoms with Crippen molar-refractivity contribution in [2.45, 2.75) is 50.5 Å². The van der Waals surface area contributed by atoms with E-state index in [9.17, 15) is 19.5 Å². The Morgan fingerprint density at radius 3 is 2.39 bits per heavy atom. The molecule has 0 aliphatic carbocycles. The van der Waals surface area contributed by atoms with E-state index in [1.807, 2.05) is 41.3 Å². The molecule has 2 aliphatic rings. The van der Waals surface area contributed by atoms with Crippen LogP contribution in [0.2, 0.25) is 0 Å². The molecule has 0 unspecified atom stereocenters. The Morgan fingerprint density at radius 1 is 1.00 bits per heavy atom. The molecule has 2 heterocycles. The third-order valence-corrected chi connectivity index (χ3v) is 9.42. The number of carboxylic acids is 1. The smallest absolute Gasteiger partial charge is 0.306 e. The van der Waals surface area contributed by atoms with Crippen LogP contribution in [0.5, 0.6) is 5.75 Å². The first-order chi connectivity index (χ1) is 19.6. The second-order valence-corrected chi connectivity index (χ2v) is 13.5. The molecule has 0 aromatic heterocycles. The number of fused-ring (bicyclic) bond motifs is 2. The number of hydrogen-bond acceptors (Lipinski definition) is 5. The van der Waals surface area contributed by atoms with Crippen molar-refractivity contribution in [2.75, 3.05) is 31.6 Å². The molecule has 41 heavy (non-hydrogen) atoms. The summed E-state index contributed by atoms with van der Waals surface area (Å²) in [5.41, 5.74) is 2.74. The van der Waals surface area contributed by atoms with Gasteiger partial charge in [-0.1, -0.05) is 63.2 Å². The molecule has 7 nitrogen and oxygen atoms in total. The monoisotopic (exact) mass is 574 g/mol. The van der Waals surface area contributed by atoms with E-state index in [0.717, 1.165) is 27.6 Å². The van der Waals surface area contributed by atoms with Crippen molar-refractivity contribution in [1.82, 2.24) is 4.90 Å². The third-order valence-electron chi connectivity index (χ3n) is 7.94. The van der Waals surface area contributed by atoms with Gasteiger partial charge in [0, 0.05) is 31.7 Å². The molecule has 5 rings (SSSR count). The second kappa shape index (κ2) is 11.8. The molecule has 0 saturated carbocycles. The van der Waals surface area contributed by atoms with E-state index in [2.05, 4.69) is 45.0 Å². The maximum atomic E-state index is 14.4. The summed E-state index contributed by atoms with van der Waals surface area (Å²) in [4.78, 5) is 43.0. The van der Waals surface area contributed by atoms with Gasteiger partial charge in [0.1, 0.15) is 5.75 Å². The fourth-order valence-electron chi connectivity index (χ4n) is 5.86. The Bertz CT molecular complexity index is 1450. The van der Waals surface area contributed by atoms with Crippen molar-refractivity contribution in [2.24, 2.45) is 11.3 Å². The van der Waals surface area contributed by atoms with Gasteiger partial charge in [-0.3, -0.25) is 14.4 Å². The van der Waals surface area contributed by atoms with E-state index in [1.165, 1.54) is 11.8 Å². The lowest BCUT2D eigenvalue weighted by molar-refractivity contribution is -0.145. The summed E-state index contributed by atoms with van der Waals surface area (Å²) in [6, 6.07) is 20.4. The number of hydrogen-bond donors (Lipinski definition) is 1. The summed E-state index contributed by atoms with van der Waals surface area (Å²) < 4.78 is 5.64. The molecular weight excluding hydrogens is 536 g/mol. The number of nitrogens with zero attached hydrogens (tertiary/aromatic N) is 2. The van der Waals surface area contributed by atoms with Crippen molar-refractivity contribution in [3.63, 3.8) is 0 Å². The van der Waals surface area contributed by atoms with Crippen LogP contribution in [0.15, 0.2) is 60.7 Å². The molecule has 0 spiro atoms. The number of aliphatic carboxylic acids is 1. The van der Waals surface area contributed by atoms with Crippen LogP contribution in [0.1, 0.15) is 56.4 Å². The molecule has 1 fully saturated rings. The van der Waals surface area contributed by atoms with Crippen LogP contribution >= 0.6 is 11.8 Å². The Hall–Kier alpha value is -3.52. The largest absolute Gasteiger partial charge is 0.497 e. The molecule has 1 saturated heterocycles. The minimum atomic E-state index is -0.810. The Labute approximate surface area is 245 Å². The first-order valence-corrected chi connectivity index (χ1v) is 15.1. The number of piperidine rings is 1. The number of rotatable bonds is 6. The molecule has 8 heteroatoms. The molecule has 3 aromatic carbocycles. The maximum absolute atomic E-state index is 14.4. The zero-order chi connectivity index (χ0) is 29.3. The summed E-state index contributed by atoms with van der Waals surface area (Å²) in [5, 5.41) is 10.8. The van der Waals surface area contributed by atoms with Crippen LogP contribution < -0.4 is 9.64 Å². The van der Waals surface area contributed by atoms with Gasteiger partial charge in [0.25, 0.3) is 0 Å². The topological polar surface area (TPSA) is 87.1 Å². The molecule has 2 aliphatic heterocycles. The number of benzene rings is 3. The van der Waals surface area contributed by atoms with Crippen LogP contribution in [0, 0.1) is 11.3 Å². The number of carbonyl (C=O) groups is 3. The molecular formula is C33H38N2O5S. The molecule has 0 radical (unpaired) electrons. The third kappa shape index (κ3) is 6.22. The van der Waals surface area contributed by atoms with E-state index in [4.69, 9.17) is 4.74 Å². The number of thioether (sulfide) groups is 1. The van der Waals surface area contributed by atoms with Crippen LogP contribution in [-0.4, -0.2) is 59.8 Å². The molecule has 2 atom stereocenters. The van der Waals surface area contributed by atoms with Crippen LogP contribution in [0.3, 0.4) is 0 Å². The fourth-order valence-corrected chi connectivity index (χ4v) is 7.36. The fraction of sp³-hybridized carbons (Fsp3) is 0.424. The number of ether oxygens (including phenoxy) is 1. The lowest BCUT2D eigenvalue weighted by Crippen LogP contribution is -2.45. The van der Waals surface area contributed by atoms with Crippen molar-refractivity contribution in [3.8, 4) is 5.75 Å². The van der Waals surface area contributed by atoms with E-state index in [1.54, 1.807) is 12.0 Å². The van der Waals surface area contributed by atoms with Gasteiger partial charge in [-0.15, -0.1) is 11.8 Å². The highest BCUT2D eigenvalue weighted by molar-refractivity contribution is 8.01. The van der Waals surface area contributed by atoms with Gasteiger partial charge in [-0.2, -0.15) is 0 Å². The molecule has 3 aromatic rings. The summed E-state index contributed by atoms with van der Waals surface area (Å²) in [5.74, 6) is -0.692. The van der Waals surface area contributed by atoms with Gasteiger partial charge in [0.05, 0.1) is 23.5 Å². The molecule has 1 N–H and O–H groups in total. The van der Waals surface area contributed by atoms with Gasteiger partial charge in [-0.05, 0) is 58.4 Å². The van der Waals surface area contributed by atoms with E-state index >= 15 is 0 Å². The molecule has 0 bridgehead atoms. The van der Waals surface area contributed by atoms with E-state index in [0.29, 0.717) is 38.2 Å². The van der Waals surface area contributed by atoms with Crippen molar-refractivity contribution >= 4 is 46.0 Å². The number of amides is 2. The Kier molecular flexibility index (Phi) is 8.32. The van der Waals surface area contributed by atoms with E-state index in [-0.39, 0.29) is 28.9 Å². The number of carboxylic acid groups (broad SMARTS) is 1. The lowest BCUT2D eigenvalue weighted by atomic mass is 9.93. The first-order valence-electron chi connectivity index (χ1n) is 14.2. The SMILES string of the molecule is COc1ccc2c(c1)[C@H](c1cccc3ccccc13)S[C@@H](CC(=O)N1CCC(C(=O)O)CC1)C(=O)N2CC(C)(C)C. The summed E-state index contributed by atoms with van der Waals surface area (Å²) in [7, 11) is 1.64. The summed E-state index contributed by atoms with van der Waals surface area (Å²) in [6.45, 7) is 7.63. The average molecular weight is 575 g/mol. The van der Waals surface area contributed by atoms with Gasteiger partial charge in [-0.25, -0.2) is 0 Å². The predicted molar refractivity (Wildman–Crippen MR) is 164 cm³/mol. The first kappa shape index (κ1) is 29.0. The highest BCUT2D eigenvalue weighted by atomic mass is 32.2. The Morgan fingerprint density at radius 2 is 1.71 bits per heavy atom. The lowest BCUT2D eigenvalue weighted by Gasteiger charge is -2.33. The van der Waals surface area contributed by atoms with Crippen LogP contribution in [-0.2, 0) is 14.4 Å². The molecule has 216 valence electrons. The van der Waals surface area contributed by atoms with Crippen LogP contribution in [0.4, 0.5) is 5.69 Å². The standard InChI is InChI=1S/C33H38N2O5S/c1-33(2,3)20-35-27-13-12-23(40-4)18-26(27)30(25-11-7-9-21-8-5-6-10-24(21)25)41-28(31(35)37)19-29(36)34-16-14-22(15-17-34)32(38)39/h5-13,18,22,28,30H,14-17,19-20H2,1-4H3,(H,38,39)/t28-,30-/m0/s1. The number of methoxy groups -OCH3 is 1. The summed E-state index contributed by atoms with van der Waals surface area (Å²) in [6.07, 6.45) is 0.938. The van der Waals surface area contributed by atoms with Crippen LogP contribution in [0.25, 0.3) is 10.8 Å². The zero-order valence-corrected chi connectivity index (χ0v) is 24.9. The quantitative estimate of drug-likeness (QED) is 0.380. The van der Waals surface area contributed by atoms with Gasteiger partial charge in [0.15, 0.2) is 0 Å². The highest BCUT2D eigenvalue weighted by Crippen LogP contribution is 2.50. The number of likely N-dealkylation sites (tertiary alicyclic amines) is 1. The van der Waals surface area contributed by atoms with E-state index < -0.39 is 17.1 Å². The van der Waals surface area contributed by atoms with Crippen molar-refractivity contribution in [3.05, 3.63) is 71.8 Å². The van der Waals surface area contributed by atoms with Gasteiger partial charge < -0.3 is 19.6 Å². The highest BCUT2D eigenvalue weighted by Gasteiger charge is 2.40. The minimum Gasteiger partial charge on any atom is -0.497 e. The minimum absolute atomic E-state index is 0.0638.